The zero-order valence-electron chi connectivity index (χ0n) is 16.2. The van der Waals surface area contributed by atoms with Crippen molar-refractivity contribution in [3.05, 3.63) is 54.7 Å². The van der Waals surface area contributed by atoms with Gasteiger partial charge in [-0.05, 0) is 18.9 Å². The van der Waals surface area contributed by atoms with Crippen LogP contribution >= 0.6 is 0 Å². The maximum atomic E-state index is 10.2. The number of aliphatic hydroxyl groups is 1. The molecule has 0 bridgehead atoms. The van der Waals surface area contributed by atoms with E-state index < -0.39 is 0 Å². The number of hydrogen-bond donors (Lipinski definition) is 1. The number of aromatic nitrogens is 4. The van der Waals surface area contributed by atoms with Crippen LogP contribution in [0, 0.1) is 5.41 Å². The van der Waals surface area contributed by atoms with Gasteiger partial charge in [0.05, 0.1) is 30.0 Å². The lowest BCUT2D eigenvalue weighted by atomic mass is 9.81. The Morgan fingerprint density at radius 1 is 1.11 bits per heavy atom. The van der Waals surface area contributed by atoms with E-state index in [2.05, 4.69) is 28.6 Å². The van der Waals surface area contributed by atoms with Crippen molar-refractivity contribution in [2.45, 2.75) is 32.7 Å². The van der Waals surface area contributed by atoms with Crippen LogP contribution in [0.15, 0.2) is 48.9 Å². The third kappa shape index (κ3) is 3.70. The van der Waals surface area contributed by atoms with Crippen LogP contribution in [0.5, 0.6) is 0 Å². The highest BCUT2D eigenvalue weighted by Crippen LogP contribution is 2.36. The SMILES string of the molecule is CCc1nccc(-c2c(-c3ccccc3)ncn2CC2(CO)CCOCC2)n1. The second-order valence-electron chi connectivity index (χ2n) is 7.42. The van der Waals surface area contributed by atoms with Gasteiger partial charge in [0.1, 0.15) is 5.82 Å². The summed E-state index contributed by atoms with van der Waals surface area (Å²) in [5, 5.41) is 10.2. The molecule has 1 fully saturated rings. The number of imidazole rings is 1. The van der Waals surface area contributed by atoms with Crippen LogP contribution in [-0.2, 0) is 17.7 Å². The molecule has 0 spiro atoms. The van der Waals surface area contributed by atoms with Crippen molar-refractivity contribution in [2.24, 2.45) is 5.41 Å². The van der Waals surface area contributed by atoms with Gasteiger partial charge in [-0.25, -0.2) is 15.0 Å². The van der Waals surface area contributed by atoms with E-state index in [1.807, 2.05) is 36.8 Å². The molecule has 0 amide bonds. The van der Waals surface area contributed by atoms with Crippen molar-refractivity contribution in [1.82, 2.24) is 19.5 Å². The molecule has 3 heterocycles. The Balaban J connectivity index is 1.81. The Morgan fingerprint density at radius 3 is 2.61 bits per heavy atom. The summed E-state index contributed by atoms with van der Waals surface area (Å²) in [6.45, 7) is 4.25. The van der Waals surface area contributed by atoms with Crippen LogP contribution in [0.1, 0.15) is 25.6 Å². The molecular formula is C22H26N4O2. The fraction of sp³-hybridized carbons (Fsp3) is 0.409. The molecule has 3 aromatic rings. The van der Waals surface area contributed by atoms with Crippen molar-refractivity contribution in [2.75, 3.05) is 19.8 Å². The van der Waals surface area contributed by atoms with Gasteiger partial charge in [0.15, 0.2) is 0 Å². The second-order valence-corrected chi connectivity index (χ2v) is 7.42. The van der Waals surface area contributed by atoms with Gasteiger partial charge < -0.3 is 14.4 Å². The summed E-state index contributed by atoms with van der Waals surface area (Å²) < 4.78 is 7.67. The Kier molecular flexibility index (Phi) is 5.50. The number of nitrogens with zero attached hydrogens (tertiary/aromatic N) is 4. The predicted octanol–water partition coefficient (Wildman–Crippen LogP) is 3.36. The second kappa shape index (κ2) is 8.20. The van der Waals surface area contributed by atoms with Crippen molar-refractivity contribution in [3.63, 3.8) is 0 Å². The molecule has 0 radical (unpaired) electrons. The van der Waals surface area contributed by atoms with Gasteiger partial charge in [0, 0.05) is 43.4 Å². The van der Waals surface area contributed by atoms with Crippen LogP contribution in [-0.4, -0.2) is 44.4 Å². The Bertz CT molecular complexity index is 917. The average molecular weight is 378 g/mol. The van der Waals surface area contributed by atoms with Crippen LogP contribution in [0.4, 0.5) is 0 Å². The summed E-state index contributed by atoms with van der Waals surface area (Å²) in [5.41, 5.74) is 3.60. The molecule has 0 saturated carbocycles. The lowest BCUT2D eigenvalue weighted by molar-refractivity contribution is -0.0250. The lowest BCUT2D eigenvalue weighted by Crippen LogP contribution is -2.37. The fourth-order valence-electron chi connectivity index (χ4n) is 3.81. The predicted molar refractivity (Wildman–Crippen MR) is 108 cm³/mol. The molecule has 4 rings (SSSR count). The van der Waals surface area contributed by atoms with E-state index in [4.69, 9.17) is 14.7 Å². The minimum atomic E-state index is -0.192. The van der Waals surface area contributed by atoms with Crippen LogP contribution in [0.3, 0.4) is 0 Å². The monoisotopic (exact) mass is 378 g/mol. The summed E-state index contributed by atoms with van der Waals surface area (Å²) in [4.78, 5) is 13.8. The molecule has 1 saturated heterocycles. The van der Waals surface area contributed by atoms with E-state index in [9.17, 15) is 5.11 Å². The first-order valence-corrected chi connectivity index (χ1v) is 9.86. The smallest absolute Gasteiger partial charge is 0.128 e. The van der Waals surface area contributed by atoms with E-state index in [-0.39, 0.29) is 12.0 Å². The van der Waals surface area contributed by atoms with Gasteiger partial charge >= 0.3 is 0 Å². The van der Waals surface area contributed by atoms with Crippen LogP contribution in [0.2, 0.25) is 0 Å². The molecule has 6 nitrogen and oxygen atoms in total. The molecule has 1 aliphatic heterocycles. The Hall–Kier alpha value is -2.57. The average Bonchev–Trinajstić information content (AvgIpc) is 3.18. The number of ether oxygens (including phenoxy) is 1. The molecule has 0 unspecified atom stereocenters. The molecule has 1 aliphatic rings. The summed E-state index contributed by atoms with van der Waals surface area (Å²) in [6, 6.07) is 12.1. The van der Waals surface area contributed by atoms with Crippen molar-refractivity contribution >= 4 is 0 Å². The summed E-state index contributed by atoms with van der Waals surface area (Å²) >= 11 is 0. The normalized spacial score (nSPS) is 16.2. The Morgan fingerprint density at radius 2 is 1.89 bits per heavy atom. The fourth-order valence-corrected chi connectivity index (χ4v) is 3.81. The standard InChI is InChI=1S/C22H26N4O2/c1-2-19-23-11-8-18(25-19)21-20(17-6-4-3-5-7-17)24-16-26(21)14-22(15-27)9-12-28-13-10-22/h3-8,11,16,27H,2,9-10,12-15H2,1H3. The number of rotatable bonds is 6. The molecule has 1 aromatic carbocycles. The van der Waals surface area contributed by atoms with Gasteiger partial charge in [0.25, 0.3) is 0 Å². The summed E-state index contributed by atoms with van der Waals surface area (Å²) in [5.74, 6) is 0.812. The largest absolute Gasteiger partial charge is 0.396 e. The van der Waals surface area contributed by atoms with Gasteiger partial charge in [-0.1, -0.05) is 37.3 Å². The maximum Gasteiger partial charge on any atom is 0.128 e. The number of aryl methyl sites for hydroxylation is 1. The summed E-state index contributed by atoms with van der Waals surface area (Å²) in [6.07, 6.45) is 6.14. The van der Waals surface area contributed by atoms with Gasteiger partial charge in [-0.2, -0.15) is 0 Å². The highest BCUT2D eigenvalue weighted by molar-refractivity contribution is 5.76. The molecule has 1 N–H and O–H groups in total. The molecule has 146 valence electrons. The third-order valence-electron chi connectivity index (χ3n) is 5.54. The molecule has 0 aliphatic carbocycles. The van der Waals surface area contributed by atoms with Crippen molar-refractivity contribution in [3.8, 4) is 22.6 Å². The van der Waals surface area contributed by atoms with E-state index in [1.54, 1.807) is 0 Å². The highest BCUT2D eigenvalue weighted by atomic mass is 16.5. The topological polar surface area (TPSA) is 73.1 Å². The third-order valence-corrected chi connectivity index (χ3v) is 5.54. The van der Waals surface area contributed by atoms with Gasteiger partial charge in [-0.15, -0.1) is 0 Å². The number of aliphatic hydroxyl groups excluding tert-OH is 1. The van der Waals surface area contributed by atoms with Crippen molar-refractivity contribution < 1.29 is 9.84 Å². The minimum Gasteiger partial charge on any atom is -0.396 e. The first-order chi connectivity index (χ1) is 13.7. The minimum absolute atomic E-state index is 0.138. The number of hydrogen-bond acceptors (Lipinski definition) is 5. The quantitative estimate of drug-likeness (QED) is 0.712. The van der Waals surface area contributed by atoms with Crippen LogP contribution < -0.4 is 0 Å². The van der Waals surface area contributed by atoms with E-state index >= 15 is 0 Å². The molecular weight excluding hydrogens is 352 g/mol. The van der Waals surface area contributed by atoms with Gasteiger partial charge in [-0.3, -0.25) is 0 Å². The molecule has 6 heteroatoms. The number of benzene rings is 1. The highest BCUT2D eigenvalue weighted by Gasteiger charge is 2.33. The summed E-state index contributed by atoms with van der Waals surface area (Å²) in [7, 11) is 0. The first-order valence-electron chi connectivity index (χ1n) is 9.86. The van der Waals surface area contributed by atoms with E-state index in [1.165, 1.54) is 0 Å². The Labute approximate surface area is 165 Å². The lowest BCUT2D eigenvalue weighted by Gasteiger charge is -2.36. The van der Waals surface area contributed by atoms with Crippen molar-refractivity contribution in [1.29, 1.82) is 0 Å². The van der Waals surface area contributed by atoms with E-state index in [0.29, 0.717) is 19.8 Å². The van der Waals surface area contributed by atoms with Gasteiger partial charge in [0.2, 0.25) is 0 Å². The molecule has 28 heavy (non-hydrogen) atoms. The zero-order valence-corrected chi connectivity index (χ0v) is 16.2. The molecule has 2 aromatic heterocycles. The van der Waals surface area contributed by atoms with E-state index in [0.717, 1.165) is 47.7 Å². The molecule has 0 atom stereocenters. The maximum absolute atomic E-state index is 10.2. The zero-order chi connectivity index (χ0) is 19.4. The van der Waals surface area contributed by atoms with Crippen LogP contribution in [0.25, 0.3) is 22.6 Å². The first kappa shape index (κ1) is 18.8.